The number of hydrogen-bond acceptors (Lipinski definition) is 5. The summed E-state index contributed by atoms with van der Waals surface area (Å²) in [5.74, 6) is -0.00438. The van der Waals surface area contributed by atoms with Crippen LogP contribution in [0.25, 0.3) is 0 Å². The van der Waals surface area contributed by atoms with Crippen molar-refractivity contribution in [2.24, 2.45) is 0 Å². The number of rotatable bonds is 8. The van der Waals surface area contributed by atoms with E-state index in [9.17, 15) is 9.59 Å². The second-order valence-corrected chi connectivity index (χ2v) is 9.51. The lowest BCUT2D eigenvalue weighted by atomic mass is 10.0. The Morgan fingerprint density at radius 1 is 0.781 bits per heavy atom. The Morgan fingerprint density at radius 3 is 1.75 bits per heavy atom. The molecule has 0 unspecified atom stereocenters. The monoisotopic (exact) mass is 448 g/mol. The van der Waals surface area contributed by atoms with Gasteiger partial charge in [-0.3, -0.25) is 4.79 Å². The van der Waals surface area contributed by atoms with Gasteiger partial charge < -0.3 is 9.47 Å². The van der Waals surface area contributed by atoms with Crippen LogP contribution < -0.4 is 4.74 Å². The van der Waals surface area contributed by atoms with E-state index in [4.69, 9.17) is 9.47 Å². The topological polar surface area (TPSA) is 52.6 Å². The number of ether oxygens (including phenoxy) is 2. The molecule has 166 valence electrons. The maximum atomic E-state index is 12.9. The van der Waals surface area contributed by atoms with E-state index in [1.54, 1.807) is 63.7 Å². The minimum Gasteiger partial charge on any atom is -0.476 e. The molecule has 3 rings (SSSR count). The molecule has 0 heterocycles. The SMILES string of the molecule is Cc1ccc(Sc2ccc(C(=O)c3ccc(OC(C)(C)C(=O)OC(C)C)cc3)cc2)cc1. The van der Waals surface area contributed by atoms with Crippen LogP contribution in [0.3, 0.4) is 0 Å². The van der Waals surface area contributed by atoms with Crippen molar-refractivity contribution in [1.29, 1.82) is 0 Å². The average molecular weight is 449 g/mol. The van der Waals surface area contributed by atoms with E-state index < -0.39 is 11.6 Å². The van der Waals surface area contributed by atoms with E-state index in [-0.39, 0.29) is 11.9 Å². The molecule has 0 aliphatic carbocycles. The van der Waals surface area contributed by atoms with E-state index in [1.807, 2.05) is 24.3 Å². The molecular weight excluding hydrogens is 420 g/mol. The third kappa shape index (κ3) is 6.24. The predicted molar refractivity (Wildman–Crippen MR) is 128 cm³/mol. The smallest absolute Gasteiger partial charge is 0.350 e. The van der Waals surface area contributed by atoms with Gasteiger partial charge in [-0.25, -0.2) is 4.79 Å². The van der Waals surface area contributed by atoms with Crippen molar-refractivity contribution in [3.63, 3.8) is 0 Å². The van der Waals surface area contributed by atoms with Gasteiger partial charge in [-0.2, -0.15) is 0 Å². The summed E-state index contributed by atoms with van der Waals surface area (Å²) < 4.78 is 11.0. The van der Waals surface area contributed by atoms with Crippen molar-refractivity contribution in [1.82, 2.24) is 0 Å². The predicted octanol–water partition coefficient (Wildman–Crippen LogP) is 6.49. The lowest BCUT2D eigenvalue weighted by molar-refractivity contribution is -0.163. The van der Waals surface area contributed by atoms with Gasteiger partial charge in [0.05, 0.1) is 6.10 Å². The van der Waals surface area contributed by atoms with Crippen molar-refractivity contribution in [2.45, 2.75) is 56.1 Å². The molecule has 0 amide bonds. The normalized spacial score (nSPS) is 11.3. The summed E-state index contributed by atoms with van der Waals surface area (Å²) in [5.41, 5.74) is 1.28. The van der Waals surface area contributed by atoms with Crippen LogP contribution in [0.2, 0.25) is 0 Å². The molecule has 5 heteroatoms. The van der Waals surface area contributed by atoms with E-state index in [2.05, 4.69) is 31.2 Å². The van der Waals surface area contributed by atoms with Crippen molar-refractivity contribution in [2.75, 3.05) is 0 Å². The molecule has 0 saturated heterocycles. The van der Waals surface area contributed by atoms with Crippen LogP contribution in [-0.4, -0.2) is 23.5 Å². The summed E-state index contributed by atoms with van der Waals surface area (Å²) in [6.45, 7) is 8.97. The highest BCUT2D eigenvalue weighted by Crippen LogP contribution is 2.28. The Hall–Kier alpha value is -3.05. The first kappa shape index (κ1) is 23.6. The number of carbonyl (C=O) groups is 2. The molecule has 3 aromatic carbocycles. The van der Waals surface area contributed by atoms with Gasteiger partial charge >= 0.3 is 5.97 Å². The molecule has 0 aliphatic heterocycles. The molecule has 0 fully saturated rings. The Labute approximate surface area is 194 Å². The third-order valence-electron chi connectivity index (χ3n) is 4.70. The van der Waals surface area contributed by atoms with Crippen LogP contribution in [0.15, 0.2) is 82.6 Å². The van der Waals surface area contributed by atoms with Gasteiger partial charge in [0.15, 0.2) is 11.4 Å². The second kappa shape index (κ2) is 10.0. The van der Waals surface area contributed by atoms with Crippen LogP contribution in [0.1, 0.15) is 49.2 Å². The van der Waals surface area contributed by atoms with Gasteiger partial charge in [-0.15, -0.1) is 0 Å². The Bertz CT molecular complexity index is 1070. The quantitative estimate of drug-likeness (QED) is 0.291. The second-order valence-electron chi connectivity index (χ2n) is 8.36. The molecule has 0 bridgehead atoms. The minimum absolute atomic E-state index is 0.0677. The fourth-order valence-corrected chi connectivity index (χ4v) is 3.77. The Balaban J connectivity index is 1.65. The summed E-state index contributed by atoms with van der Waals surface area (Å²) in [5, 5.41) is 0. The number of ketones is 1. The third-order valence-corrected chi connectivity index (χ3v) is 5.71. The zero-order valence-corrected chi connectivity index (χ0v) is 19.9. The summed E-state index contributed by atoms with van der Waals surface area (Å²) in [6, 6.07) is 22.7. The average Bonchev–Trinajstić information content (AvgIpc) is 2.75. The van der Waals surface area contributed by atoms with Crippen LogP contribution >= 0.6 is 11.8 Å². The summed E-state index contributed by atoms with van der Waals surface area (Å²) in [7, 11) is 0. The highest BCUT2D eigenvalue weighted by molar-refractivity contribution is 7.99. The molecular formula is C27H28O4S. The number of benzene rings is 3. The number of aryl methyl sites for hydroxylation is 1. The molecule has 0 aliphatic rings. The van der Waals surface area contributed by atoms with E-state index in [0.717, 1.165) is 9.79 Å². The molecule has 0 atom stereocenters. The van der Waals surface area contributed by atoms with Crippen LogP contribution in [0.5, 0.6) is 5.75 Å². The highest BCUT2D eigenvalue weighted by atomic mass is 32.2. The van der Waals surface area contributed by atoms with Crippen molar-refractivity contribution < 1.29 is 19.1 Å². The van der Waals surface area contributed by atoms with Crippen LogP contribution in [0, 0.1) is 6.92 Å². The zero-order valence-electron chi connectivity index (χ0n) is 19.0. The molecule has 4 nitrogen and oxygen atoms in total. The van der Waals surface area contributed by atoms with Gasteiger partial charge in [-0.05, 0) is 95.3 Å². The minimum atomic E-state index is -1.12. The Morgan fingerprint density at radius 2 is 1.25 bits per heavy atom. The highest BCUT2D eigenvalue weighted by Gasteiger charge is 2.32. The van der Waals surface area contributed by atoms with E-state index >= 15 is 0 Å². The standard InChI is InChI=1S/C27H28O4S/c1-18(2)30-26(29)27(4,5)31-22-12-8-20(9-13-22)25(28)21-10-16-24(17-11-21)32-23-14-6-19(3)7-15-23/h6-18H,1-5H3. The fourth-order valence-electron chi connectivity index (χ4n) is 2.95. The molecule has 3 aromatic rings. The molecule has 0 aromatic heterocycles. The maximum Gasteiger partial charge on any atom is 0.350 e. The van der Waals surface area contributed by atoms with E-state index in [1.165, 1.54) is 5.56 Å². The van der Waals surface area contributed by atoms with Gasteiger partial charge in [0.25, 0.3) is 0 Å². The Kier molecular flexibility index (Phi) is 7.41. The first-order valence-corrected chi connectivity index (χ1v) is 11.3. The molecule has 0 spiro atoms. The van der Waals surface area contributed by atoms with Gasteiger partial charge in [0.2, 0.25) is 0 Å². The van der Waals surface area contributed by atoms with Crippen LogP contribution in [-0.2, 0) is 9.53 Å². The number of carbonyl (C=O) groups excluding carboxylic acids is 2. The van der Waals surface area contributed by atoms with Crippen LogP contribution in [0.4, 0.5) is 0 Å². The first-order chi connectivity index (χ1) is 15.1. The summed E-state index contributed by atoms with van der Waals surface area (Å²) >= 11 is 1.66. The number of esters is 1. The first-order valence-electron chi connectivity index (χ1n) is 10.5. The fraction of sp³-hybridized carbons (Fsp3) is 0.259. The summed E-state index contributed by atoms with van der Waals surface area (Å²) in [6.07, 6.45) is -0.216. The largest absolute Gasteiger partial charge is 0.476 e. The van der Waals surface area contributed by atoms with Gasteiger partial charge in [0.1, 0.15) is 5.75 Å². The zero-order chi connectivity index (χ0) is 23.3. The summed E-state index contributed by atoms with van der Waals surface area (Å²) in [4.78, 5) is 27.3. The lowest BCUT2D eigenvalue weighted by Gasteiger charge is -2.25. The molecule has 0 radical (unpaired) electrons. The van der Waals surface area contributed by atoms with Gasteiger partial charge in [0, 0.05) is 20.9 Å². The van der Waals surface area contributed by atoms with Crippen molar-refractivity contribution in [3.8, 4) is 5.75 Å². The molecule has 0 N–H and O–H groups in total. The molecule has 0 saturated carbocycles. The number of hydrogen-bond donors (Lipinski definition) is 0. The van der Waals surface area contributed by atoms with E-state index in [0.29, 0.717) is 16.9 Å². The van der Waals surface area contributed by atoms with Crippen molar-refractivity contribution in [3.05, 3.63) is 89.5 Å². The lowest BCUT2D eigenvalue weighted by Crippen LogP contribution is -2.40. The molecule has 32 heavy (non-hydrogen) atoms. The maximum absolute atomic E-state index is 12.9. The van der Waals surface area contributed by atoms with Crippen molar-refractivity contribution >= 4 is 23.5 Å². The van der Waals surface area contributed by atoms with Gasteiger partial charge in [-0.1, -0.05) is 29.5 Å².